The third-order valence-electron chi connectivity index (χ3n) is 4.08. The Hall–Kier alpha value is -3.46. The largest absolute Gasteiger partial charge is 0.503 e. The minimum atomic E-state index is 0.0198. The number of phenols is 1. The van der Waals surface area contributed by atoms with Crippen LogP contribution in [0.15, 0.2) is 52.3 Å². The monoisotopic (exact) mass is 454 g/mol. The molecule has 0 spiro atoms. The predicted molar refractivity (Wildman–Crippen MR) is 118 cm³/mol. The first-order chi connectivity index (χ1) is 14.0. The van der Waals surface area contributed by atoms with Gasteiger partial charge in [-0.05, 0) is 52.2 Å². The fraction of sp³-hybridized carbons (Fsp3) is 0.100. The number of benzene rings is 2. The number of aromatic nitrogens is 2. The van der Waals surface area contributed by atoms with Gasteiger partial charge < -0.3 is 20.6 Å². The maximum Gasteiger partial charge on any atom is 0.172 e. The number of anilines is 3. The molecule has 0 aliphatic heterocycles. The molecule has 0 atom stereocenters. The number of ether oxygens (including phenoxy) is 1. The fourth-order valence-corrected chi connectivity index (χ4v) is 3.01. The zero-order chi connectivity index (χ0) is 20.8. The summed E-state index contributed by atoms with van der Waals surface area (Å²) >= 11 is 3.27. The van der Waals surface area contributed by atoms with Gasteiger partial charge in [0, 0.05) is 11.9 Å². The van der Waals surface area contributed by atoms with Crippen molar-refractivity contribution in [3.8, 4) is 11.5 Å². The van der Waals surface area contributed by atoms with Gasteiger partial charge in [0.25, 0.3) is 0 Å². The number of methoxy groups -OCH3 is 1. The lowest BCUT2D eigenvalue weighted by Gasteiger charge is -2.12. The van der Waals surface area contributed by atoms with Crippen molar-refractivity contribution in [2.45, 2.75) is 6.92 Å². The number of aryl methyl sites for hydroxylation is 1. The topological polar surface area (TPSA) is 116 Å². The summed E-state index contributed by atoms with van der Waals surface area (Å²) in [5, 5.41) is 25.0. The summed E-state index contributed by atoms with van der Waals surface area (Å²) in [7, 11) is 1.47. The van der Waals surface area contributed by atoms with Gasteiger partial charge in [-0.3, -0.25) is 5.43 Å². The SMILES string of the molecule is COc1cc(/C=N/Nc2ncnc(Nc3ccccc3C)c2C=N)cc(Br)c1O. The Labute approximate surface area is 176 Å². The van der Waals surface area contributed by atoms with Crippen LogP contribution in [0.4, 0.5) is 17.3 Å². The number of rotatable bonds is 7. The van der Waals surface area contributed by atoms with Crippen LogP contribution < -0.4 is 15.5 Å². The van der Waals surface area contributed by atoms with E-state index in [-0.39, 0.29) is 5.75 Å². The van der Waals surface area contributed by atoms with E-state index in [1.807, 2.05) is 31.2 Å². The molecule has 0 bridgehead atoms. The Morgan fingerprint density at radius 1 is 1.21 bits per heavy atom. The lowest BCUT2D eigenvalue weighted by Crippen LogP contribution is -2.05. The number of halogens is 1. The molecule has 3 rings (SSSR count). The van der Waals surface area contributed by atoms with Gasteiger partial charge in [0.05, 0.1) is 23.4 Å². The summed E-state index contributed by atoms with van der Waals surface area (Å²) in [6, 6.07) is 11.2. The molecule has 2 aromatic carbocycles. The molecule has 1 aromatic heterocycles. The van der Waals surface area contributed by atoms with Gasteiger partial charge in [0.2, 0.25) is 0 Å². The molecule has 4 N–H and O–H groups in total. The van der Waals surface area contributed by atoms with Crippen molar-refractivity contribution in [1.29, 1.82) is 5.41 Å². The van der Waals surface area contributed by atoms with Crippen LogP contribution in [0.2, 0.25) is 0 Å². The minimum absolute atomic E-state index is 0.0198. The fourth-order valence-electron chi connectivity index (χ4n) is 2.55. The van der Waals surface area contributed by atoms with E-state index in [2.05, 4.69) is 41.7 Å². The average Bonchev–Trinajstić information content (AvgIpc) is 2.72. The van der Waals surface area contributed by atoms with E-state index in [9.17, 15) is 5.11 Å². The zero-order valence-electron chi connectivity index (χ0n) is 15.8. The molecule has 9 heteroatoms. The molecule has 1 heterocycles. The van der Waals surface area contributed by atoms with Crippen molar-refractivity contribution in [2.24, 2.45) is 5.10 Å². The molecule has 3 aromatic rings. The van der Waals surface area contributed by atoms with Gasteiger partial charge in [0.1, 0.15) is 12.1 Å². The second-order valence-electron chi connectivity index (χ2n) is 5.99. The van der Waals surface area contributed by atoms with Gasteiger partial charge in [-0.15, -0.1) is 0 Å². The smallest absolute Gasteiger partial charge is 0.172 e. The van der Waals surface area contributed by atoms with E-state index >= 15 is 0 Å². The standard InChI is InChI=1S/C20H19BrN6O2/c1-12-5-3-4-6-16(12)26-19-14(9-22)20(24-11-23-19)27-25-10-13-7-15(21)18(28)17(8-13)29-2/h3-11,22,28H,1-2H3,(H2,23,24,26,27)/b22-9?,25-10+. The quantitative estimate of drug-likeness (QED) is 0.309. The first kappa shape index (κ1) is 20.3. The number of hydrazone groups is 1. The summed E-state index contributed by atoms with van der Waals surface area (Å²) in [6.07, 6.45) is 4.11. The molecule has 148 valence electrons. The Morgan fingerprint density at radius 3 is 2.69 bits per heavy atom. The molecule has 0 unspecified atom stereocenters. The van der Waals surface area contributed by atoms with E-state index in [0.29, 0.717) is 33.0 Å². The molecule has 0 amide bonds. The van der Waals surface area contributed by atoms with Crippen molar-refractivity contribution >= 4 is 45.7 Å². The summed E-state index contributed by atoms with van der Waals surface area (Å²) in [6.45, 7) is 1.99. The molecular formula is C20H19BrN6O2. The number of phenolic OH excluding ortho intramolecular Hbond substituents is 1. The summed E-state index contributed by atoms with van der Waals surface area (Å²) in [4.78, 5) is 8.41. The molecule has 0 fully saturated rings. The summed E-state index contributed by atoms with van der Waals surface area (Å²) in [5.41, 5.74) is 5.95. The Morgan fingerprint density at radius 2 is 1.97 bits per heavy atom. The molecule has 0 aliphatic carbocycles. The molecule has 0 aliphatic rings. The highest BCUT2D eigenvalue weighted by Gasteiger charge is 2.11. The number of hydrogen-bond acceptors (Lipinski definition) is 8. The van der Waals surface area contributed by atoms with Crippen molar-refractivity contribution in [2.75, 3.05) is 17.9 Å². The maximum absolute atomic E-state index is 9.88. The minimum Gasteiger partial charge on any atom is -0.503 e. The Balaban J connectivity index is 1.83. The van der Waals surface area contributed by atoms with Crippen molar-refractivity contribution in [3.63, 3.8) is 0 Å². The maximum atomic E-state index is 9.88. The second-order valence-corrected chi connectivity index (χ2v) is 6.85. The molecule has 0 saturated heterocycles. The van der Waals surface area contributed by atoms with Crippen LogP contribution in [0, 0.1) is 12.3 Å². The number of hydrogen-bond donors (Lipinski definition) is 4. The predicted octanol–water partition coefficient (Wildman–Crippen LogP) is 4.45. The highest BCUT2D eigenvalue weighted by molar-refractivity contribution is 9.10. The van der Waals surface area contributed by atoms with Crippen LogP contribution in [-0.4, -0.2) is 34.6 Å². The van der Waals surface area contributed by atoms with Gasteiger partial charge in [-0.25, -0.2) is 9.97 Å². The molecule has 8 nitrogen and oxygen atoms in total. The van der Waals surface area contributed by atoms with E-state index in [1.165, 1.54) is 19.7 Å². The van der Waals surface area contributed by atoms with Gasteiger partial charge in [0.15, 0.2) is 17.3 Å². The number of nitrogens with one attached hydrogen (secondary N) is 3. The lowest BCUT2D eigenvalue weighted by molar-refractivity contribution is 0.372. The first-order valence-electron chi connectivity index (χ1n) is 8.57. The summed E-state index contributed by atoms with van der Waals surface area (Å²) < 4.78 is 5.62. The van der Waals surface area contributed by atoms with Crippen LogP contribution in [0.1, 0.15) is 16.7 Å². The number of para-hydroxylation sites is 1. The normalized spacial score (nSPS) is 10.7. The lowest BCUT2D eigenvalue weighted by atomic mass is 10.2. The highest BCUT2D eigenvalue weighted by Crippen LogP contribution is 2.34. The van der Waals surface area contributed by atoms with Crippen molar-refractivity contribution in [3.05, 3.63) is 63.9 Å². The van der Waals surface area contributed by atoms with E-state index < -0.39 is 0 Å². The zero-order valence-corrected chi connectivity index (χ0v) is 17.4. The van der Waals surface area contributed by atoms with E-state index in [4.69, 9.17) is 10.1 Å². The highest BCUT2D eigenvalue weighted by atomic mass is 79.9. The van der Waals surface area contributed by atoms with Crippen LogP contribution in [0.3, 0.4) is 0 Å². The first-order valence-corrected chi connectivity index (χ1v) is 9.36. The second kappa shape index (κ2) is 9.16. The van der Waals surface area contributed by atoms with Gasteiger partial charge in [-0.2, -0.15) is 5.10 Å². The molecule has 0 radical (unpaired) electrons. The van der Waals surface area contributed by atoms with Crippen molar-refractivity contribution < 1.29 is 9.84 Å². The summed E-state index contributed by atoms with van der Waals surface area (Å²) in [5.74, 6) is 1.22. The molecule has 0 saturated carbocycles. The molecular weight excluding hydrogens is 436 g/mol. The molecule has 29 heavy (non-hydrogen) atoms. The Bertz CT molecular complexity index is 1070. The third kappa shape index (κ3) is 4.69. The van der Waals surface area contributed by atoms with E-state index in [0.717, 1.165) is 11.3 Å². The van der Waals surface area contributed by atoms with Crippen LogP contribution in [-0.2, 0) is 0 Å². The van der Waals surface area contributed by atoms with Crippen LogP contribution in [0.25, 0.3) is 0 Å². The van der Waals surface area contributed by atoms with Crippen LogP contribution in [0.5, 0.6) is 11.5 Å². The van der Waals surface area contributed by atoms with Gasteiger partial charge >= 0.3 is 0 Å². The average molecular weight is 455 g/mol. The number of aromatic hydroxyl groups is 1. The number of nitrogens with zero attached hydrogens (tertiary/aromatic N) is 3. The van der Waals surface area contributed by atoms with Crippen LogP contribution >= 0.6 is 15.9 Å². The van der Waals surface area contributed by atoms with Crippen molar-refractivity contribution in [1.82, 2.24) is 9.97 Å². The third-order valence-corrected chi connectivity index (χ3v) is 4.69. The van der Waals surface area contributed by atoms with E-state index in [1.54, 1.807) is 18.3 Å². The van der Waals surface area contributed by atoms with Gasteiger partial charge in [-0.1, -0.05) is 18.2 Å². The Kier molecular flexibility index (Phi) is 6.40.